The fraction of sp³-hybridized carbons (Fsp3) is 0.273. The summed E-state index contributed by atoms with van der Waals surface area (Å²) in [6.07, 6.45) is 3.63. The smallest absolute Gasteiger partial charge is 1.00 e. The van der Waals surface area contributed by atoms with Crippen LogP contribution in [-0.2, 0) is 24.4 Å². The Morgan fingerprint density at radius 2 is 1.86 bits per heavy atom. The van der Waals surface area contributed by atoms with Crippen LogP contribution in [0.1, 0.15) is 30.4 Å². The summed E-state index contributed by atoms with van der Waals surface area (Å²) in [7, 11) is 0. The zero-order chi connectivity index (χ0) is 8.55. The molecule has 1 aromatic rings. The first kappa shape index (κ1) is 14.8. The van der Waals surface area contributed by atoms with Gasteiger partial charge in [-0.15, -0.1) is 0 Å². The van der Waals surface area contributed by atoms with Crippen molar-refractivity contribution >= 4 is 6.08 Å². The van der Waals surface area contributed by atoms with Crippen LogP contribution in [0.25, 0.3) is 6.08 Å². The van der Waals surface area contributed by atoms with E-state index in [0.717, 1.165) is 5.92 Å². The Kier molecular flexibility index (Phi) is 6.75. The number of halogens is 2. The van der Waals surface area contributed by atoms with Crippen LogP contribution in [0.2, 0.25) is 0 Å². The van der Waals surface area contributed by atoms with Gasteiger partial charge in [0.1, 0.15) is 0 Å². The van der Waals surface area contributed by atoms with Crippen molar-refractivity contribution in [2.24, 2.45) is 0 Å². The van der Waals surface area contributed by atoms with E-state index in [2.05, 4.69) is 37.3 Å². The Hall–Kier alpha value is 0.790. The first-order chi connectivity index (χ1) is 5.83. The molecule has 0 N–H and O–H groups in total. The van der Waals surface area contributed by atoms with Crippen molar-refractivity contribution in [3.05, 3.63) is 38.7 Å². The Balaban J connectivity index is 0.000000845. The largest absolute Gasteiger partial charge is 1.00 e. The van der Waals surface area contributed by atoms with Gasteiger partial charge in [0, 0.05) is 0 Å². The van der Waals surface area contributed by atoms with Gasteiger partial charge in [0.2, 0.25) is 0 Å². The SMILES string of the molecule is CCC1[C]([Hf+2])=Cc2ccccc21.[Br-].[Br-]. The molecule has 0 saturated carbocycles. The third-order valence-electron chi connectivity index (χ3n) is 2.47. The monoisotopic (exact) mass is 481 g/mol. The summed E-state index contributed by atoms with van der Waals surface area (Å²) < 4.78 is 1.65. The van der Waals surface area contributed by atoms with Gasteiger partial charge in [-0.25, -0.2) is 0 Å². The van der Waals surface area contributed by atoms with Crippen molar-refractivity contribution in [3.8, 4) is 0 Å². The molecule has 0 heterocycles. The van der Waals surface area contributed by atoms with Crippen LogP contribution in [0, 0.1) is 0 Å². The van der Waals surface area contributed by atoms with E-state index < -0.39 is 0 Å². The van der Waals surface area contributed by atoms with E-state index in [9.17, 15) is 0 Å². The molecule has 73 valence electrons. The minimum absolute atomic E-state index is 0. The van der Waals surface area contributed by atoms with Gasteiger partial charge in [-0.2, -0.15) is 0 Å². The van der Waals surface area contributed by atoms with Gasteiger partial charge in [0.25, 0.3) is 0 Å². The number of benzene rings is 1. The minimum atomic E-state index is 0. The number of fused-ring (bicyclic) bond motifs is 1. The summed E-state index contributed by atoms with van der Waals surface area (Å²) in [6, 6.07) is 8.77. The molecule has 0 bridgehead atoms. The quantitative estimate of drug-likeness (QED) is 0.378. The molecule has 14 heavy (non-hydrogen) atoms. The Morgan fingerprint density at radius 1 is 1.21 bits per heavy atom. The first-order valence-corrected chi connectivity index (χ1v) is 6.14. The van der Waals surface area contributed by atoms with Crippen LogP contribution in [0.4, 0.5) is 0 Å². The number of rotatable bonds is 1. The van der Waals surface area contributed by atoms with Crippen molar-refractivity contribution in [1.29, 1.82) is 0 Å². The van der Waals surface area contributed by atoms with Gasteiger partial charge in [-0.05, 0) is 0 Å². The predicted octanol–water partition coefficient (Wildman–Crippen LogP) is -2.91. The average Bonchev–Trinajstić information content (AvgIpc) is 2.40. The summed E-state index contributed by atoms with van der Waals surface area (Å²) in [4.78, 5) is 0. The van der Waals surface area contributed by atoms with Crippen LogP contribution >= 0.6 is 0 Å². The summed E-state index contributed by atoms with van der Waals surface area (Å²) in [5.74, 6) is 0.743. The second kappa shape index (κ2) is 6.39. The van der Waals surface area contributed by atoms with Crippen LogP contribution in [0.15, 0.2) is 27.6 Å². The van der Waals surface area contributed by atoms with Crippen LogP contribution in [-0.4, -0.2) is 0 Å². The van der Waals surface area contributed by atoms with Gasteiger partial charge in [0.05, 0.1) is 0 Å². The number of allylic oxidation sites excluding steroid dienone is 1. The summed E-state index contributed by atoms with van der Waals surface area (Å²) in [5.41, 5.74) is 3.00. The van der Waals surface area contributed by atoms with Crippen LogP contribution < -0.4 is 34.0 Å². The Labute approximate surface area is 121 Å². The second-order valence-electron chi connectivity index (χ2n) is 3.19. The molecule has 0 aliphatic heterocycles. The summed E-state index contributed by atoms with van der Waals surface area (Å²) >= 11 is 1.21. The average molecular weight is 482 g/mol. The van der Waals surface area contributed by atoms with Gasteiger partial charge >= 0.3 is 88.4 Å². The predicted molar refractivity (Wildman–Crippen MR) is 47.5 cm³/mol. The Bertz CT molecular complexity index is 334. The zero-order valence-corrected chi connectivity index (χ0v) is 14.7. The maximum absolute atomic E-state index is 2.37. The van der Waals surface area contributed by atoms with Crippen molar-refractivity contribution in [3.63, 3.8) is 0 Å². The third-order valence-corrected chi connectivity index (χ3v) is 4.24. The van der Waals surface area contributed by atoms with E-state index in [-0.39, 0.29) is 34.0 Å². The standard InChI is InChI=1S/C11H11.2BrH.Hf/c1-2-9-7-8-10-5-3-4-6-11(9)10;;;/h3-6,8-9H,2H2,1H3;2*1H;/q;;;+2/p-2. The van der Waals surface area contributed by atoms with Crippen LogP contribution in [0.5, 0.6) is 0 Å². The fourth-order valence-corrected chi connectivity index (χ4v) is 3.69. The number of hydrogen-bond donors (Lipinski definition) is 0. The van der Waals surface area contributed by atoms with Gasteiger partial charge in [-0.3, -0.25) is 0 Å². The molecular weight excluding hydrogens is 470 g/mol. The molecule has 1 atom stereocenters. The molecule has 1 unspecified atom stereocenters. The van der Waals surface area contributed by atoms with E-state index in [1.54, 1.807) is 8.89 Å². The fourth-order valence-electron chi connectivity index (χ4n) is 1.84. The van der Waals surface area contributed by atoms with Gasteiger partial charge in [0.15, 0.2) is 0 Å². The maximum atomic E-state index is 2.37. The normalized spacial score (nSPS) is 17.6. The van der Waals surface area contributed by atoms with E-state index in [1.165, 1.54) is 36.4 Å². The third kappa shape index (κ3) is 2.67. The molecule has 1 aliphatic carbocycles. The van der Waals surface area contributed by atoms with E-state index in [1.807, 2.05) is 0 Å². The molecular formula is C11H11Br2Hf. The summed E-state index contributed by atoms with van der Waals surface area (Å²) in [5, 5.41) is 0. The first-order valence-electron chi connectivity index (χ1n) is 4.35. The van der Waals surface area contributed by atoms with Crippen molar-refractivity contribution in [2.75, 3.05) is 0 Å². The Morgan fingerprint density at radius 3 is 2.50 bits per heavy atom. The topological polar surface area (TPSA) is 0 Å². The van der Waals surface area contributed by atoms with Gasteiger partial charge in [-0.1, -0.05) is 0 Å². The van der Waals surface area contributed by atoms with Crippen LogP contribution in [0.3, 0.4) is 0 Å². The molecule has 1 aliphatic rings. The molecule has 0 nitrogen and oxygen atoms in total. The zero-order valence-electron chi connectivity index (χ0n) is 7.93. The second-order valence-corrected chi connectivity index (χ2v) is 5.26. The molecule has 0 saturated heterocycles. The summed E-state index contributed by atoms with van der Waals surface area (Å²) in [6.45, 7) is 2.28. The molecule has 3 heteroatoms. The van der Waals surface area contributed by atoms with Gasteiger partial charge < -0.3 is 34.0 Å². The van der Waals surface area contributed by atoms with E-state index in [0.29, 0.717) is 0 Å². The molecule has 0 aromatic heterocycles. The number of hydrogen-bond acceptors (Lipinski definition) is 0. The molecule has 2 rings (SSSR count). The molecule has 1 aromatic carbocycles. The molecule has 0 spiro atoms. The van der Waals surface area contributed by atoms with Crippen molar-refractivity contribution in [2.45, 2.75) is 19.3 Å². The molecule has 0 amide bonds. The molecule has 0 radical (unpaired) electrons. The van der Waals surface area contributed by atoms with Crippen molar-refractivity contribution in [1.82, 2.24) is 0 Å². The van der Waals surface area contributed by atoms with E-state index >= 15 is 0 Å². The van der Waals surface area contributed by atoms with E-state index in [4.69, 9.17) is 0 Å². The molecule has 0 fully saturated rings. The minimum Gasteiger partial charge on any atom is -1.00 e. The maximum Gasteiger partial charge on any atom is -1.00 e. The van der Waals surface area contributed by atoms with Crippen molar-refractivity contribution < 1.29 is 58.3 Å².